The lowest BCUT2D eigenvalue weighted by molar-refractivity contribution is 0.0691. The van der Waals surface area contributed by atoms with Crippen LogP contribution in [0.15, 0.2) is 58.6 Å². The third kappa shape index (κ3) is 4.79. The Balaban J connectivity index is 1.22. The van der Waals surface area contributed by atoms with Gasteiger partial charge in [-0.05, 0) is 81.0 Å². The van der Waals surface area contributed by atoms with Gasteiger partial charge in [-0.1, -0.05) is 46.1 Å². The predicted molar refractivity (Wildman–Crippen MR) is 151 cm³/mol. The van der Waals surface area contributed by atoms with E-state index in [0.29, 0.717) is 27.4 Å². The average molecular weight is 548 g/mol. The van der Waals surface area contributed by atoms with Gasteiger partial charge in [-0.25, -0.2) is 9.78 Å². The molecule has 6 rings (SSSR count). The number of anilines is 1. The predicted octanol–water partition coefficient (Wildman–Crippen LogP) is 8.09. The van der Waals surface area contributed by atoms with Crippen molar-refractivity contribution in [1.29, 1.82) is 0 Å². The van der Waals surface area contributed by atoms with Gasteiger partial charge in [0.25, 0.3) is 0 Å². The zero-order valence-corrected chi connectivity index (χ0v) is 22.5. The molecule has 2 aromatic carbocycles. The number of fused-ring (bicyclic) bond motifs is 1. The Kier molecular flexibility index (Phi) is 6.62. The molecule has 3 heterocycles. The molecule has 1 aliphatic heterocycles. The van der Waals surface area contributed by atoms with E-state index in [9.17, 15) is 9.90 Å². The first-order chi connectivity index (χ1) is 18.4. The van der Waals surface area contributed by atoms with Crippen LogP contribution < -0.4 is 4.90 Å². The van der Waals surface area contributed by atoms with E-state index in [2.05, 4.69) is 34.1 Å². The van der Waals surface area contributed by atoms with Gasteiger partial charge < -0.3 is 14.5 Å². The van der Waals surface area contributed by atoms with Crippen molar-refractivity contribution in [3.05, 3.63) is 81.2 Å². The monoisotopic (exact) mass is 547 g/mol. The van der Waals surface area contributed by atoms with Crippen LogP contribution in [0.2, 0.25) is 10.0 Å². The van der Waals surface area contributed by atoms with E-state index < -0.39 is 5.97 Å². The molecule has 1 saturated carbocycles. The highest BCUT2D eigenvalue weighted by Crippen LogP contribution is 2.47. The number of allylic oxidation sites excluding steroid dienone is 1. The van der Waals surface area contributed by atoms with Crippen LogP contribution in [0.1, 0.15) is 60.3 Å². The van der Waals surface area contributed by atoms with Gasteiger partial charge in [-0.2, -0.15) is 0 Å². The van der Waals surface area contributed by atoms with Crippen molar-refractivity contribution in [3.63, 3.8) is 0 Å². The highest BCUT2D eigenvalue weighted by Gasteiger charge is 2.33. The molecule has 1 saturated heterocycles. The van der Waals surface area contributed by atoms with Gasteiger partial charge in [0.1, 0.15) is 17.1 Å². The molecule has 0 unspecified atom stereocenters. The van der Waals surface area contributed by atoms with Gasteiger partial charge in [-0.3, -0.25) is 0 Å². The zero-order chi connectivity index (χ0) is 26.4. The first-order valence-electron chi connectivity index (χ1n) is 12.9. The van der Waals surface area contributed by atoms with Crippen molar-refractivity contribution in [2.24, 2.45) is 5.92 Å². The first-order valence-corrected chi connectivity index (χ1v) is 13.7. The second kappa shape index (κ2) is 10.1. The van der Waals surface area contributed by atoms with Crippen molar-refractivity contribution in [2.75, 3.05) is 18.0 Å². The minimum Gasteiger partial charge on any atom is -0.477 e. The standard InChI is InChI=1S/C30H27Cl2N3O3/c1-17(15-22-28(34-38-29(22)19-5-6-19)27-23(31)3-2-4-24(27)32)18-11-13-35(14-12-18)21-8-10-25-20(16-21)7-9-26(33-25)30(36)37/h2-4,7-10,15-16,18-19H,5-6,11-14H2,1H3,(H,36,37). The highest BCUT2D eigenvalue weighted by molar-refractivity contribution is 6.39. The smallest absolute Gasteiger partial charge is 0.354 e. The summed E-state index contributed by atoms with van der Waals surface area (Å²) in [5, 5.41) is 15.7. The minimum atomic E-state index is -1.01. The van der Waals surface area contributed by atoms with Crippen LogP contribution in [-0.2, 0) is 0 Å². The summed E-state index contributed by atoms with van der Waals surface area (Å²) in [5.41, 5.74) is 5.64. The summed E-state index contributed by atoms with van der Waals surface area (Å²) in [6.45, 7) is 4.07. The van der Waals surface area contributed by atoms with Gasteiger partial charge >= 0.3 is 5.97 Å². The Bertz CT molecular complexity index is 1550. The number of halogens is 2. The maximum Gasteiger partial charge on any atom is 0.354 e. The van der Waals surface area contributed by atoms with Crippen LogP contribution in [0.3, 0.4) is 0 Å². The van der Waals surface area contributed by atoms with Crippen LogP contribution in [0, 0.1) is 5.92 Å². The number of carboxylic acids is 1. The molecule has 0 spiro atoms. The van der Waals surface area contributed by atoms with Gasteiger partial charge in [0.05, 0.1) is 15.6 Å². The maximum absolute atomic E-state index is 11.2. The molecule has 0 bridgehead atoms. The van der Waals surface area contributed by atoms with Gasteiger partial charge in [-0.15, -0.1) is 0 Å². The molecule has 6 nitrogen and oxygen atoms in total. The van der Waals surface area contributed by atoms with E-state index in [-0.39, 0.29) is 5.69 Å². The first kappa shape index (κ1) is 25.0. The molecule has 0 radical (unpaired) electrons. The van der Waals surface area contributed by atoms with Crippen LogP contribution in [0.4, 0.5) is 5.69 Å². The number of aromatic carboxylic acids is 1. The molecule has 194 valence electrons. The quantitative estimate of drug-likeness (QED) is 0.262. The van der Waals surface area contributed by atoms with Gasteiger partial charge in [0.2, 0.25) is 0 Å². The van der Waals surface area contributed by atoms with E-state index >= 15 is 0 Å². The number of aromatic nitrogens is 2. The zero-order valence-electron chi connectivity index (χ0n) is 21.0. The molecular formula is C30H27Cl2N3O3. The van der Waals surface area contributed by atoms with Crippen molar-refractivity contribution in [1.82, 2.24) is 10.1 Å². The number of carbonyl (C=O) groups is 1. The number of benzene rings is 2. The number of hydrogen-bond acceptors (Lipinski definition) is 5. The summed E-state index contributed by atoms with van der Waals surface area (Å²) in [4.78, 5) is 17.9. The average Bonchev–Trinajstić information content (AvgIpc) is 3.69. The normalized spacial score (nSPS) is 16.8. The van der Waals surface area contributed by atoms with Crippen LogP contribution in [0.25, 0.3) is 28.2 Å². The third-order valence-electron chi connectivity index (χ3n) is 7.67. The maximum atomic E-state index is 11.2. The van der Waals surface area contributed by atoms with Crippen LogP contribution >= 0.6 is 23.2 Å². The van der Waals surface area contributed by atoms with Gasteiger partial charge in [0, 0.05) is 41.2 Å². The Morgan fingerprint density at radius 2 is 1.79 bits per heavy atom. The molecule has 8 heteroatoms. The lowest BCUT2D eigenvalue weighted by atomic mass is 9.88. The SMILES string of the molecule is CC(=Cc1c(-c2c(Cl)cccc2Cl)noc1C1CC1)C1CCN(c2ccc3nc(C(=O)O)ccc3c2)CC1. The molecule has 2 aliphatic rings. The van der Waals surface area contributed by atoms with E-state index in [0.717, 1.165) is 72.4 Å². The molecule has 1 aliphatic carbocycles. The van der Waals surface area contributed by atoms with Crippen LogP contribution in [-0.4, -0.2) is 34.3 Å². The fourth-order valence-electron chi connectivity index (χ4n) is 5.36. The van der Waals surface area contributed by atoms with E-state index in [1.807, 2.05) is 36.4 Å². The second-order valence-electron chi connectivity index (χ2n) is 10.2. The Labute approximate surface area is 230 Å². The number of nitrogens with zero attached hydrogens (tertiary/aromatic N) is 3. The van der Waals surface area contributed by atoms with Crippen molar-refractivity contribution in [3.8, 4) is 11.3 Å². The van der Waals surface area contributed by atoms with Crippen molar-refractivity contribution in [2.45, 2.75) is 38.5 Å². The lowest BCUT2D eigenvalue weighted by Gasteiger charge is -2.34. The summed E-state index contributed by atoms with van der Waals surface area (Å²) in [6.07, 6.45) is 6.52. The second-order valence-corrected chi connectivity index (χ2v) is 11.0. The summed E-state index contributed by atoms with van der Waals surface area (Å²) >= 11 is 13.1. The van der Waals surface area contributed by atoms with Crippen molar-refractivity contribution < 1.29 is 14.4 Å². The number of piperidine rings is 1. The number of pyridine rings is 1. The number of rotatable bonds is 6. The van der Waals surface area contributed by atoms with E-state index in [1.165, 1.54) is 5.57 Å². The van der Waals surface area contributed by atoms with Crippen LogP contribution in [0.5, 0.6) is 0 Å². The Hall–Kier alpha value is -3.35. The topological polar surface area (TPSA) is 79.5 Å². The summed E-state index contributed by atoms with van der Waals surface area (Å²) in [5.74, 6) is 0.776. The van der Waals surface area contributed by atoms with E-state index in [1.54, 1.807) is 6.07 Å². The molecule has 0 amide bonds. The molecule has 2 aromatic heterocycles. The number of carboxylic acid groups (broad SMARTS) is 1. The number of hydrogen-bond donors (Lipinski definition) is 1. The molecule has 38 heavy (non-hydrogen) atoms. The fraction of sp³-hybridized carbons (Fsp3) is 0.300. The molecule has 0 atom stereocenters. The fourth-order valence-corrected chi connectivity index (χ4v) is 5.94. The summed E-state index contributed by atoms with van der Waals surface area (Å²) in [6, 6.07) is 14.9. The largest absolute Gasteiger partial charge is 0.477 e. The molecule has 4 aromatic rings. The highest BCUT2D eigenvalue weighted by atomic mass is 35.5. The summed E-state index contributed by atoms with van der Waals surface area (Å²) < 4.78 is 5.85. The minimum absolute atomic E-state index is 0.0611. The Morgan fingerprint density at radius 3 is 2.47 bits per heavy atom. The molecule has 1 N–H and O–H groups in total. The van der Waals surface area contributed by atoms with E-state index in [4.69, 9.17) is 27.7 Å². The molecule has 2 fully saturated rings. The van der Waals surface area contributed by atoms with Crippen molar-refractivity contribution >= 4 is 51.8 Å². The lowest BCUT2D eigenvalue weighted by Crippen LogP contribution is -2.33. The molecular weight excluding hydrogens is 521 g/mol. The third-order valence-corrected chi connectivity index (χ3v) is 8.30. The summed E-state index contributed by atoms with van der Waals surface area (Å²) in [7, 11) is 0. The van der Waals surface area contributed by atoms with Gasteiger partial charge in [0.15, 0.2) is 0 Å². The Morgan fingerprint density at radius 1 is 1.05 bits per heavy atom.